The first-order valence-corrected chi connectivity index (χ1v) is 5.18. The number of allylic oxidation sites excluding steroid dienone is 2. The van der Waals surface area contributed by atoms with E-state index in [1.54, 1.807) is 0 Å². The average molecular weight is 178 g/mol. The van der Waals surface area contributed by atoms with Gasteiger partial charge in [-0.15, -0.1) is 0 Å². The molecule has 2 rings (SSSR count). The van der Waals surface area contributed by atoms with Crippen molar-refractivity contribution in [3.05, 3.63) is 23.8 Å². The average Bonchev–Trinajstić information content (AvgIpc) is 2.25. The second kappa shape index (κ2) is 3.30. The number of hydrogen-bond donors (Lipinski definition) is 0. The highest BCUT2D eigenvalue weighted by Crippen LogP contribution is 2.40. The van der Waals surface area contributed by atoms with E-state index in [9.17, 15) is 0 Å². The van der Waals surface area contributed by atoms with Crippen molar-refractivity contribution in [2.45, 2.75) is 39.2 Å². The van der Waals surface area contributed by atoms with Crippen LogP contribution in [-0.2, 0) is 4.74 Å². The maximum Gasteiger partial charge on any atom is 0.0875 e. The van der Waals surface area contributed by atoms with Gasteiger partial charge in [-0.1, -0.05) is 32.1 Å². The lowest BCUT2D eigenvalue weighted by Crippen LogP contribution is -2.29. The Morgan fingerprint density at radius 1 is 1.46 bits per heavy atom. The molecule has 1 heterocycles. The van der Waals surface area contributed by atoms with Crippen LogP contribution in [0.25, 0.3) is 0 Å². The number of ether oxygens (including phenoxy) is 1. The largest absolute Gasteiger partial charge is 0.373 e. The summed E-state index contributed by atoms with van der Waals surface area (Å²) in [7, 11) is 0. The summed E-state index contributed by atoms with van der Waals surface area (Å²) in [6, 6.07) is 0. The number of rotatable bonds is 0. The van der Waals surface area contributed by atoms with E-state index < -0.39 is 0 Å². The molecule has 0 saturated heterocycles. The van der Waals surface area contributed by atoms with Gasteiger partial charge in [0, 0.05) is 6.61 Å². The highest BCUT2D eigenvalue weighted by atomic mass is 16.5. The molecular weight excluding hydrogens is 160 g/mol. The van der Waals surface area contributed by atoms with Gasteiger partial charge in [0.2, 0.25) is 0 Å². The fourth-order valence-corrected chi connectivity index (χ4v) is 2.15. The Bertz CT molecular complexity index is 248. The van der Waals surface area contributed by atoms with Crippen molar-refractivity contribution in [3.8, 4) is 0 Å². The fourth-order valence-electron chi connectivity index (χ4n) is 2.15. The second-order valence-corrected chi connectivity index (χ2v) is 4.69. The van der Waals surface area contributed by atoms with Crippen LogP contribution in [0.2, 0.25) is 0 Å². The van der Waals surface area contributed by atoms with E-state index in [2.05, 4.69) is 32.1 Å². The highest BCUT2D eigenvalue weighted by molar-refractivity contribution is 5.31. The molecule has 1 atom stereocenters. The third kappa shape index (κ3) is 1.71. The molecule has 0 amide bonds. The minimum atomic E-state index is 0.303. The molecule has 1 aliphatic heterocycles. The molecule has 0 aromatic heterocycles. The minimum Gasteiger partial charge on any atom is -0.373 e. The Kier molecular flexibility index (Phi) is 2.29. The number of hydrogen-bond acceptors (Lipinski definition) is 1. The molecule has 0 aromatic rings. The van der Waals surface area contributed by atoms with Crippen LogP contribution in [0, 0.1) is 5.41 Å². The molecule has 0 saturated carbocycles. The van der Waals surface area contributed by atoms with Crippen LogP contribution in [0.15, 0.2) is 23.8 Å². The predicted molar refractivity (Wildman–Crippen MR) is 54.6 cm³/mol. The van der Waals surface area contributed by atoms with Crippen LogP contribution in [-0.4, -0.2) is 12.7 Å². The molecule has 0 aromatic carbocycles. The zero-order valence-corrected chi connectivity index (χ0v) is 8.55. The monoisotopic (exact) mass is 178 g/mol. The van der Waals surface area contributed by atoms with Gasteiger partial charge in [0.1, 0.15) is 0 Å². The van der Waals surface area contributed by atoms with Crippen LogP contribution < -0.4 is 0 Å². The van der Waals surface area contributed by atoms with E-state index in [1.165, 1.54) is 5.57 Å². The Labute approximate surface area is 80.5 Å². The third-order valence-corrected chi connectivity index (χ3v) is 2.99. The van der Waals surface area contributed by atoms with Gasteiger partial charge in [0.05, 0.1) is 6.10 Å². The van der Waals surface area contributed by atoms with Gasteiger partial charge in [0.15, 0.2) is 0 Å². The van der Waals surface area contributed by atoms with Gasteiger partial charge in [0.25, 0.3) is 0 Å². The van der Waals surface area contributed by atoms with E-state index in [0.29, 0.717) is 11.5 Å². The lowest BCUT2D eigenvalue weighted by molar-refractivity contribution is 0.00981. The zero-order valence-electron chi connectivity index (χ0n) is 8.55. The van der Waals surface area contributed by atoms with Crippen LogP contribution in [0.3, 0.4) is 0 Å². The molecule has 72 valence electrons. The topological polar surface area (TPSA) is 9.23 Å². The Hall–Kier alpha value is -0.560. The van der Waals surface area contributed by atoms with Crippen LogP contribution in [0.5, 0.6) is 0 Å². The van der Waals surface area contributed by atoms with Gasteiger partial charge in [-0.25, -0.2) is 0 Å². The summed E-state index contributed by atoms with van der Waals surface area (Å²) >= 11 is 0. The molecule has 0 spiro atoms. The molecule has 1 aliphatic carbocycles. The summed E-state index contributed by atoms with van der Waals surface area (Å²) in [6.07, 6.45) is 10.7. The molecule has 0 fully saturated rings. The van der Waals surface area contributed by atoms with Crippen molar-refractivity contribution in [2.75, 3.05) is 6.61 Å². The summed E-state index contributed by atoms with van der Waals surface area (Å²) < 4.78 is 5.90. The molecule has 0 bridgehead atoms. The second-order valence-electron chi connectivity index (χ2n) is 4.69. The summed E-state index contributed by atoms with van der Waals surface area (Å²) in [5, 5.41) is 0. The molecule has 0 N–H and O–H groups in total. The molecule has 1 heteroatoms. The SMILES string of the molecule is CC1(C)CC=C2/C=C\CCCOC21. The molecule has 1 nitrogen and oxygen atoms in total. The molecular formula is C12H18O. The molecule has 0 radical (unpaired) electrons. The Balaban J connectivity index is 2.20. The summed E-state index contributed by atoms with van der Waals surface area (Å²) in [5.74, 6) is 0. The summed E-state index contributed by atoms with van der Waals surface area (Å²) in [4.78, 5) is 0. The number of fused-ring (bicyclic) bond motifs is 1. The lowest BCUT2D eigenvalue weighted by atomic mass is 9.86. The first-order valence-electron chi connectivity index (χ1n) is 5.18. The van der Waals surface area contributed by atoms with Crippen molar-refractivity contribution in [1.29, 1.82) is 0 Å². The zero-order chi connectivity index (χ0) is 9.31. The highest BCUT2D eigenvalue weighted by Gasteiger charge is 2.36. The minimum absolute atomic E-state index is 0.303. The van der Waals surface area contributed by atoms with Crippen molar-refractivity contribution in [3.63, 3.8) is 0 Å². The van der Waals surface area contributed by atoms with Crippen molar-refractivity contribution in [2.24, 2.45) is 5.41 Å². The first kappa shape index (κ1) is 9.01. The van der Waals surface area contributed by atoms with Gasteiger partial charge in [-0.3, -0.25) is 0 Å². The third-order valence-electron chi connectivity index (χ3n) is 2.99. The maximum absolute atomic E-state index is 5.90. The van der Waals surface area contributed by atoms with E-state index in [4.69, 9.17) is 4.74 Å². The lowest BCUT2D eigenvalue weighted by Gasteiger charge is -2.29. The van der Waals surface area contributed by atoms with E-state index in [-0.39, 0.29) is 0 Å². The normalized spacial score (nSPS) is 34.3. The fraction of sp³-hybridized carbons (Fsp3) is 0.667. The molecule has 2 aliphatic rings. The molecule has 1 unspecified atom stereocenters. The van der Waals surface area contributed by atoms with Gasteiger partial charge >= 0.3 is 0 Å². The Morgan fingerprint density at radius 2 is 2.31 bits per heavy atom. The van der Waals surface area contributed by atoms with Crippen LogP contribution in [0.4, 0.5) is 0 Å². The van der Waals surface area contributed by atoms with E-state index in [1.807, 2.05) is 0 Å². The van der Waals surface area contributed by atoms with Crippen LogP contribution in [0.1, 0.15) is 33.1 Å². The molecule has 13 heavy (non-hydrogen) atoms. The van der Waals surface area contributed by atoms with E-state index in [0.717, 1.165) is 25.9 Å². The van der Waals surface area contributed by atoms with Gasteiger partial charge < -0.3 is 4.74 Å². The quantitative estimate of drug-likeness (QED) is 0.554. The van der Waals surface area contributed by atoms with Gasteiger partial charge in [-0.2, -0.15) is 0 Å². The summed E-state index contributed by atoms with van der Waals surface area (Å²) in [6.45, 7) is 5.49. The maximum atomic E-state index is 5.90. The smallest absolute Gasteiger partial charge is 0.0875 e. The van der Waals surface area contributed by atoms with E-state index >= 15 is 0 Å². The predicted octanol–water partition coefficient (Wildman–Crippen LogP) is 3.08. The Morgan fingerprint density at radius 3 is 3.15 bits per heavy atom. The van der Waals surface area contributed by atoms with Crippen LogP contribution >= 0.6 is 0 Å². The van der Waals surface area contributed by atoms with Crippen molar-refractivity contribution >= 4 is 0 Å². The van der Waals surface area contributed by atoms with Crippen molar-refractivity contribution < 1.29 is 4.74 Å². The standard InChI is InChI=1S/C12H18O/c1-12(2)8-7-10-6-4-3-5-9-13-11(10)12/h4,6-7,11H,3,5,8-9H2,1-2H3/b6-4-. The van der Waals surface area contributed by atoms with Crippen molar-refractivity contribution in [1.82, 2.24) is 0 Å². The first-order chi connectivity index (χ1) is 6.20. The van der Waals surface area contributed by atoms with Gasteiger partial charge in [-0.05, 0) is 30.3 Å². The summed E-state index contributed by atoms with van der Waals surface area (Å²) in [5.41, 5.74) is 1.70.